The number of hydrogen-bond donors (Lipinski definition) is 1. The first-order chi connectivity index (χ1) is 12.5. The first-order valence-electron chi connectivity index (χ1n) is 8.44. The van der Waals surface area contributed by atoms with Crippen LogP contribution in [0.5, 0.6) is 0 Å². The van der Waals surface area contributed by atoms with Crippen LogP contribution < -0.4 is 10.2 Å². The average molecular weight is 369 g/mol. The Morgan fingerprint density at radius 3 is 2.81 bits per heavy atom. The topological polar surface area (TPSA) is 62.6 Å². The molecule has 5 nitrogen and oxygen atoms in total. The summed E-state index contributed by atoms with van der Waals surface area (Å²) in [7, 11) is 0. The third-order valence-corrected chi connectivity index (χ3v) is 4.86. The van der Waals surface area contributed by atoms with E-state index in [2.05, 4.69) is 5.32 Å². The molecule has 26 heavy (non-hydrogen) atoms. The minimum atomic E-state index is -0.353. The van der Waals surface area contributed by atoms with Gasteiger partial charge in [-0.15, -0.1) is 0 Å². The van der Waals surface area contributed by atoms with E-state index >= 15 is 0 Å². The number of carbonyl (C=O) groups is 2. The van der Waals surface area contributed by atoms with Gasteiger partial charge in [-0.1, -0.05) is 23.7 Å². The van der Waals surface area contributed by atoms with E-state index in [-0.39, 0.29) is 17.6 Å². The molecule has 0 unspecified atom stereocenters. The van der Waals surface area contributed by atoms with Gasteiger partial charge < -0.3 is 14.6 Å². The molecule has 0 aliphatic carbocycles. The Morgan fingerprint density at radius 1 is 1.23 bits per heavy atom. The van der Waals surface area contributed by atoms with Crippen LogP contribution in [0.25, 0.3) is 11.0 Å². The zero-order chi connectivity index (χ0) is 18.3. The fourth-order valence-electron chi connectivity index (χ4n) is 3.31. The second-order valence-corrected chi connectivity index (χ2v) is 6.75. The van der Waals surface area contributed by atoms with Gasteiger partial charge in [0, 0.05) is 28.9 Å². The number of nitrogens with one attached hydrogen (secondary N) is 1. The van der Waals surface area contributed by atoms with Crippen molar-refractivity contribution in [3.63, 3.8) is 0 Å². The van der Waals surface area contributed by atoms with Crippen LogP contribution >= 0.6 is 11.6 Å². The van der Waals surface area contributed by atoms with Crippen molar-refractivity contribution < 1.29 is 14.0 Å². The SMILES string of the molecule is Cc1c(C(=O)Nc2ccccc2N2CCCC2=O)oc2ccc(Cl)cc12. The van der Waals surface area contributed by atoms with Crippen LogP contribution in [-0.2, 0) is 4.79 Å². The number of rotatable bonds is 3. The van der Waals surface area contributed by atoms with E-state index in [1.54, 1.807) is 29.2 Å². The van der Waals surface area contributed by atoms with E-state index in [4.69, 9.17) is 16.0 Å². The smallest absolute Gasteiger partial charge is 0.291 e. The summed E-state index contributed by atoms with van der Waals surface area (Å²) >= 11 is 6.04. The molecule has 0 radical (unpaired) electrons. The summed E-state index contributed by atoms with van der Waals surface area (Å²) in [6.07, 6.45) is 1.36. The lowest BCUT2D eigenvalue weighted by atomic mass is 10.1. The first kappa shape index (κ1) is 16.7. The maximum absolute atomic E-state index is 12.8. The van der Waals surface area contributed by atoms with Crippen LogP contribution in [-0.4, -0.2) is 18.4 Å². The molecule has 1 saturated heterocycles. The van der Waals surface area contributed by atoms with Crippen molar-refractivity contribution in [2.45, 2.75) is 19.8 Å². The number of aryl methyl sites for hydroxylation is 1. The van der Waals surface area contributed by atoms with Crippen molar-refractivity contribution in [3.05, 3.63) is 58.8 Å². The number of amides is 2. The quantitative estimate of drug-likeness (QED) is 0.724. The summed E-state index contributed by atoms with van der Waals surface area (Å²) < 4.78 is 5.72. The van der Waals surface area contributed by atoms with Crippen LogP contribution in [0.3, 0.4) is 0 Å². The number of nitrogens with zero attached hydrogens (tertiary/aromatic N) is 1. The van der Waals surface area contributed by atoms with Gasteiger partial charge in [-0.05, 0) is 43.7 Å². The van der Waals surface area contributed by atoms with Crippen LogP contribution in [0.2, 0.25) is 5.02 Å². The largest absolute Gasteiger partial charge is 0.451 e. The minimum Gasteiger partial charge on any atom is -0.451 e. The summed E-state index contributed by atoms with van der Waals surface area (Å²) in [6.45, 7) is 2.49. The zero-order valence-electron chi connectivity index (χ0n) is 14.2. The Balaban J connectivity index is 1.67. The lowest BCUT2D eigenvalue weighted by molar-refractivity contribution is -0.117. The highest BCUT2D eigenvalue weighted by Crippen LogP contribution is 2.32. The molecule has 2 heterocycles. The van der Waals surface area contributed by atoms with Gasteiger partial charge in [-0.3, -0.25) is 9.59 Å². The highest BCUT2D eigenvalue weighted by atomic mass is 35.5. The highest BCUT2D eigenvalue weighted by Gasteiger charge is 2.25. The number of carbonyl (C=O) groups excluding carboxylic acids is 2. The number of anilines is 2. The van der Waals surface area contributed by atoms with Gasteiger partial charge in [0.25, 0.3) is 5.91 Å². The molecular weight excluding hydrogens is 352 g/mol. The van der Waals surface area contributed by atoms with Crippen LogP contribution in [0.4, 0.5) is 11.4 Å². The van der Waals surface area contributed by atoms with Gasteiger partial charge in [0.2, 0.25) is 5.91 Å². The number of fused-ring (bicyclic) bond motifs is 1. The summed E-state index contributed by atoms with van der Waals surface area (Å²) in [5.74, 6) is -0.0417. The van der Waals surface area contributed by atoms with Crippen molar-refractivity contribution in [1.29, 1.82) is 0 Å². The maximum Gasteiger partial charge on any atom is 0.291 e. The van der Waals surface area contributed by atoms with Crippen molar-refractivity contribution in [2.24, 2.45) is 0 Å². The van der Waals surface area contributed by atoms with Crippen molar-refractivity contribution in [3.8, 4) is 0 Å². The Bertz CT molecular complexity index is 1030. The predicted molar refractivity (Wildman–Crippen MR) is 102 cm³/mol. The van der Waals surface area contributed by atoms with Gasteiger partial charge in [0.15, 0.2) is 5.76 Å². The minimum absolute atomic E-state index is 0.0706. The molecule has 3 aromatic rings. The molecule has 1 N–H and O–H groups in total. The molecule has 6 heteroatoms. The fourth-order valence-corrected chi connectivity index (χ4v) is 3.48. The summed E-state index contributed by atoms with van der Waals surface area (Å²) in [4.78, 5) is 26.6. The van der Waals surface area contributed by atoms with Gasteiger partial charge in [-0.2, -0.15) is 0 Å². The van der Waals surface area contributed by atoms with Crippen LogP contribution in [0, 0.1) is 6.92 Å². The molecule has 132 valence electrons. The van der Waals surface area contributed by atoms with E-state index < -0.39 is 0 Å². The molecule has 1 aliphatic heterocycles. The Labute approximate surface area is 155 Å². The van der Waals surface area contributed by atoms with E-state index in [9.17, 15) is 9.59 Å². The molecule has 1 aromatic heterocycles. The Morgan fingerprint density at radius 2 is 2.04 bits per heavy atom. The van der Waals surface area contributed by atoms with Gasteiger partial charge >= 0.3 is 0 Å². The lowest BCUT2D eigenvalue weighted by Gasteiger charge is -2.19. The van der Waals surface area contributed by atoms with Crippen LogP contribution in [0.1, 0.15) is 29.0 Å². The molecule has 4 rings (SSSR count). The molecule has 0 spiro atoms. The van der Waals surface area contributed by atoms with Crippen molar-refractivity contribution in [1.82, 2.24) is 0 Å². The average Bonchev–Trinajstić information content (AvgIpc) is 3.19. The Kier molecular flexibility index (Phi) is 4.17. The molecule has 2 amide bonds. The van der Waals surface area contributed by atoms with Crippen LogP contribution in [0.15, 0.2) is 46.9 Å². The summed E-state index contributed by atoms with van der Waals surface area (Å²) in [5, 5.41) is 4.28. The monoisotopic (exact) mass is 368 g/mol. The fraction of sp³-hybridized carbons (Fsp3) is 0.200. The van der Waals surface area contributed by atoms with E-state index in [0.29, 0.717) is 34.9 Å². The summed E-state index contributed by atoms with van der Waals surface area (Å²) in [6, 6.07) is 12.6. The molecular formula is C20H17ClN2O3. The summed E-state index contributed by atoms with van der Waals surface area (Å²) in [5.41, 5.74) is 2.64. The van der Waals surface area contributed by atoms with Gasteiger partial charge in [0.05, 0.1) is 11.4 Å². The number of furan rings is 1. The van der Waals surface area contributed by atoms with Crippen molar-refractivity contribution in [2.75, 3.05) is 16.8 Å². The third-order valence-electron chi connectivity index (χ3n) is 4.62. The first-order valence-corrected chi connectivity index (χ1v) is 8.82. The third kappa shape index (κ3) is 2.84. The molecule has 1 aliphatic rings. The molecule has 0 atom stereocenters. The number of halogens is 1. The van der Waals surface area contributed by atoms with Gasteiger partial charge in [0.1, 0.15) is 5.58 Å². The lowest BCUT2D eigenvalue weighted by Crippen LogP contribution is -2.25. The normalized spacial score (nSPS) is 14.2. The van der Waals surface area contributed by atoms with E-state index in [1.807, 2.05) is 25.1 Å². The highest BCUT2D eigenvalue weighted by molar-refractivity contribution is 6.31. The van der Waals surface area contributed by atoms with E-state index in [0.717, 1.165) is 17.4 Å². The number of hydrogen-bond acceptors (Lipinski definition) is 3. The second kappa shape index (κ2) is 6.50. The standard InChI is InChI=1S/C20H17ClN2O3/c1-12-14-11-13(21)8-9-17(14)26-19(12)20(25)22-15-5-2-3-6-16(15)23-10-4-7-18(23)24/h2-3,5-6,8-9,11H,4,7,10H2,1H3,(H,22,25). The molecule has 1 fully saturated rings. The van der Waals surface area contributed by atoms with Crippen molar-refractivity contribution >= 4 is 45.8 Å². The number of para-hydroxylation sites is 2. The Hall–Kier alpha value is -2.79. The zero-order valence-corrected chi connectivity index (χ0v) is 15.0. The predicted octanol–water partition coefficient (Wildman–Crippen LogP) is 4.77. The molecule has 0 saturated carbocycles. The molecule has 0 bridgehead atoms. The maximum atomic E-state index is 12.8. The van der Waals surface area contributed by atoms with Gasteiger partial charge in [-0.25, -0.2) is 0 Å². The number of benzene rings is 2. The van der Waals surface area contributed by atoms with E-state index in [1.165, 1.54) is 0 Å². The second-order valence-electron chi connectivity index (χ2n) is 6.32. The molecule has 2 aromatic carbocycles.